The van der Waals surface area contributed by atoms with Crippen molar-refractivity contribution in [3.8, 4) is 0 Å². The highest BCUT2D eigenvalue weighted by atomic mass is 35.5. The minimum atomic E-state index is -0.0289. The van der Waals surface area contributed by atoms with E-state index in [1.807, 2.05) is 0 Å². The van der Waals surface area contributed by atoms with Crippen LogP contribution in [-0.2, 0) is 0 Å². The fourth-order valence-corrected chi connectivity index (χ4v) is 3.68. The van der Waals surface area contributed by atoms with E-state index in [4.69, 9.17) is 17.2 Å². The monoisotopic (exact) mass is 273 g/mol. The van der Waals surface area contributed by atoms with Gasteiger partial charge in [0.05, 0.1) is 6.04 Å². The molecule has 0 aromatic rings. The van der Waals surface area contributed by atoms with Gasteiger partial charge in [-0.1, -0.05) is 20.8 Å². The van der Waals surface area contributed by atoms with Crippen molar-refractivity contribution in [3.63, 3.8) is 0 Å². The molecule has 0 radical (unpaired) electrons. The van der Waals surface area contributed by atoms with Crippen LogP contribution in [0.5, 0.6) is 0 Å². The number of nitrogens with zero attached hydrogens (tertiary/aromatic N) is 2. The number of aliphatic imine (C=N–C) groups is 2. The number of rotatable bonds is 1. The third-order valence-electron chi connectivity index (χ3n) is 5.28. The lowest BCUT2D eigenvalue weighted by Crippen LogP contribution is -2.36. The molecule has 2 aliphatic carbocycles. The van der Waals surface area contributed by atoms with Crippen LogP contribution in [0.3, 0.4) is 0 Å². The van der Waals surface area contributed by atoms with Gasteiger partial charge in [-0.15, -0.1) is 12.4 Å². The Labute approximate surface area is 115 Å². The molecule has 0 amide bonds. The highest BCUT2D eigenvalue weighted by Gasteiger charge is 2.61. The summed E-state index contributed by atoms with van der Waals surface area (Å²) in [6.45, 7) is 7.00. The molecule has 2 fully saturated rings. The Morgan fingerprint density at radius 2 is 1.78 bits per heavy atom. The Bertz CT molecular complexity index is 386. The fraction of sp³-hybridized carbons (Fsp3) is 0.833. The number of halogens is 1. The second-order valence-electron chi connectivity index (χ2n) is 6.15. The van der Waals surface area contributed by atoms with Crippen LogP contribution in [-0.4, -0.2) is 18.0 Å². The number of guanidine groups is 2. The van der Waals surface area contributed by atoms with Crippen LogP contribution in [0.25, 0.3) is 0 Å². The third kappa shape index (κ3) is 2.05. The van der Waals surface area contributed by atoms with Crippen LogP contribution in [0, 0.1) is 16.7 Å². The van der Waals surface area contributed by atoms with E-state index in [2.05, 4.69) is 30.8 Å². The lowest BCUT2D eigenvalue weighted by molar-refractivity contribution is 0.137. The summed E-state index contributed by atoms with van der Waals surface area (Å²) >= 11 is 0. The first-order valence-electron chi connectivity index (χ1n) is 6.20. The van der Waals surface area contributed by atoms with Crippen molar-refractivity contribution in [1.29, 1.82) is 0 Å². The van der Waals surface area contributed by atoms with E-state index in [1.54, 1.807) is 0 Å². The van der Waals surface area contributed by atoms with Crippen molar-refractivity contribution in [2.75, 3.05) is 0 Å². The topological polar surface area (TPSA) is 103 Å². The van der Waals surface area contributed by atoms with Crippen LogP contribution in [0.2, 0.25) is 0 Å². The van der Waals surface area contributed by atoms with Gasteiger partial charge in [0, 0.05) is 0 Å². The molecular weight excluding hydrogens is 250 g/mol. The zero-order valence-corrected chi connectivity index (χ0v) is 12.1. The Kier molecular flexibility index (Phi) is 3.86. The zero-order chi connectivity index (χ0) is 12.8. The lowest BCUT2D eigenvalue weighted by Gasteiger charge is -2.37. The van der Waals surface area contributed by atoms with E-state index in [0.717, 1.165) is 12.3 Å². The number of hydrogen-bond acceptors (Lipinski definition) is 1. The molecule has 0 aliphatic heterocycles. The van der Waals surface area contributed by atoms with Crippen molar-refractivity contribution in [1.82, 2.24) is 0 Å². The smallest absolute Gasteiger partial charge is 0.218 e. The molecular formula is C12H24ClN5. The summed E-state index contributed by atoms with van der Waals surface area (Å²) in [6.07, 6.45) is 3.62. The SMILES string of the molecule is CC1(C)C2CCC1(C)C(N=C(N)N=C(N)N)C2.Cl. The van der Waals surface area contributed by atoms with E-state index < -0.39 is 0 Å². The molecule has 0 aromatic carbocycles. The third-order valence-corrected chi connectivity index (χ3v) is 5.28. The van der Waals surface area contributed by atoms with Gasteiger partial charge in [-0.3, -0.25) is 0 Å². The second kappa shape index (κ2) is 4.61. The minimum absolute atomic E-state index is 0. The summed E-state index contributed by atoms with van der Waals surface area (Å²) in [7, 11) is 0. The average Bonchev–Trinajstić information content (AvgIpc) is 2.49. The van der Waals surface area contributed by atoms with Crippen LogP contribution in [0.1, 0.15) is 40.0 Å². The number of nitrogens with two attached hydrogens (primary N) is 3. The van der Waals surface area contributed by atoms with Gasteiger partial charge >= 0.3 is 0 Å². The first-order valence-corrected chi connectivity index (χ1v) is 6.20. The molecule has 0 aromatic heterocycles. The largest absolute Gasteiger partial charge is 0.370 e. The molecule has 104 valence electrons. The van der Waals surface area contributed by atoms with Crippen LogP contribution < -0.4 is 17.2 Å². The zero-order valence-electron chi connectivity index (χ0n) is 11.3. The molecule has 3 unspecified atom stereocenters. The van der Waals surface area contributed by atoms with Gasteiger partial charge in [0.15, 0.2) is 5.96 Å². The molecule has 0 spiro atoms. The van der Waals surface area contributed by atoms with Crippen molar-refractivity contribution >= 4 is 24.3 Å². The van der Waals surface area contributed by atoms with Crippen molar-refractivity contribution < 1.29 is 0 Å². The molecule has 2 saturated carbocycles. The normalized spacial score (nSPS) is 37.2. The summed E-state index contributed by atoms with van der Waals surface area (Å²) in [5.41, 5.74) is 16.9. The first kappa shape index (κ1) is 15.1. The standard InChI is InChI=1S/C12H23N5.ClH/c1-11(2)7-4-5-12(11,3)8(6-7)16-10(15)17-9(13)14;/h7-8H,4-6H2,1-3H3,(H6,13,14,15,16,17);1H. The molecule has 2 rings (SSSR count). The van der Waals surface area contributed by atoms with E-state index in [9.17, 15) is 0 Å². The van der Waals surface area contributed by atoms with Crippen molar-refractivity contribution in [2.24, 2.45) is 43.9 Å². The van der Waals surface area contributed by atoms with Crippen molar-refractivity contribution in [3.05, 3.63) is 0 Å². The highest BCUT2D eigenvalue weighted by Crippen LogP contribution is 2.66. The first-order chi connectivity index (χ1) is 7.77. The van der Waals surface area contributed by atoms with E-state index in [1.165, 1.54) is 12.8 Å². The molecule has 2 aliphatic rings. The maximum atomic E-state index is 5.74. The van der Waals surface area contributed by atoms with E-state index >= 15 is 0 Å². The van der Waals surface area contributed by atoms with Gasteiger partial charge in [-0.05, 0) is 36.0 Å². The van der Waals surface area contributed by atoms with Crippen LogP contribution in [0.15, 0.2) is 9.98 Å². The Balaban J connectivity index is 0.00000162. The predicted molar refractivity (Wildman–Crippen MR) is 77.7 cm³/mol. The summed E-state index contributed by atoms with van der Waals surface area (Å²) in [4.78, 5) is 8.32. The van der Waals surface area contributed by atoms with E-state index in [0.29, 0.717) is 5.41 Å². The number of fused-ring (bicyclic) bond motifs is 2. The maximum absolute atomic E-state index is 5.74. The summed E-state index contributed by atoms with van der Waals surface area (Å²) < 4.78 is 0. The van der Waals surface area contributed by atoms with Gasteiger partial charge in [0.2, 0.25) is 5.96 Å². The minimum Gasteiger partial charge on any atom is -0.370 e. The van der Waals surface area contributed by atoms with Gasteiger partial charge < -0.3 is 17.2 Å². The van der Waals surface area contributed by atoms with E-state index in [-0.39, 0.29) is 35.8 Å². The maximum Gasteiger partial charge on any atom is 0.218 e. The summed E-state index contributed by atoms with van der Waals surface area (Å²) in [5, 5.41) is 0. The molecule has 18 heavy (non-hydrogen) atoms. The summed E-state index contributed by atoms with van der Waals surface area (Å²) in [5.74, 6) is 0.923. The Morgan fingerprint density at radius 3 is 2.17 bits per heavy atom. The fourth-order valence-electron chi connectivity index (χ4n) is 3.68. The highest BCUT2D eigenvalue weighted by molar-refractivity contribution is 5.92. The second-order valence-corrected chi connectivity index (χ2v) is 6.15. The van der Waals surface area contributed by atoms with Gasteiger partial charge in [0.25, 0.3) is 0 Å². The van der Waals surface area contributed by atoms with Gasteiger partial charge in [0.1, 0.15) is 0 Å². The molecule has 0 saturated heterocycles. The molecule has 2 bridgehead atoms. The predicted octanol–water partition coefficient (Wildman–Crippen LogP) is 1.21. The molecule has 6 N–H and O–H groups in total. The van der Waals surface area contributed by atoms with Crippen LogP contribution >= 0.6 is 12.4 Å². The molecule has 5 nitrogen and oxygen atoms in total. The van der Waals surface area contributed by atoms with Crippen LogP contribution in [0.4, 0.5) is 0 Å². The quantitative estimate of drug-likeness (QED) is 0.494. The number of hydrogen-bond donors (Lipinski definition) is 3. The Morgan fingerprint density at radius 1 is 1.17 bits per heavy atom. The van der Waals surface area contributed by atoms with Gasteiger partial charge in [-0.2, -0.15) is 4.99 Å². The average molecular weight is 274 g/mol. The van der Waals surface area contributed by atoms with Crippen molar-refractivity contribution in [2.45, 2.75) is 46.1 Å². The lowest BCUT2D eigenvalue weighted by atomic mass is 9.69. The Hall–Kier alpha value is -0.970. The van der Waals surface area contributed by atoms with Gasteiger partial charge in [-0.25, -0.2) is 4.99 Å². The molecule has 0 heterocycles. The molecule has 3 atom stereocenters. The summed E-state index contributed by atoms with van der Waals surface area (Å²) in [6, 6.07) is 0.249. The molecule has 6 heteroatoms.